The fourth-order valence-corrected chi connectivity index (χ4v) is 10.3. The number of unbranched alkanes of at least 4 members (excludes halogenated alkanes) is 4. The number of rotatable bonds is 12. The van der Waals surface area contributed by atoms with E-state index in [0.29, 0.717) is 36.2 Å². The van der Waals surface area contributed by atoms with Gasteiger partial charge in [0.05, 0.1) is 10.1 Å². The highest BCUT2D eigenvalue weighted by Gasteiger charge is 2.64. The first kappa shape index (κ1) is 35.3. The highest BCUT2D eigenvalue weighted by molar-refractivity contribution is 9.10. The molecular weight excluding hydrogens is 660 g/mol. The Bertz CT molecular complexity index is 1180. The Balaban J connectivity index is 1.14. The van der Waals surface area contributed by atoms with Gasteiger partial charge in [0.15, 0.2) is 0 Å². The Kier molecular flexibility index (Phi) is 10.6. The highest BCUT2D eigenvalue weighted by atomic mass is 79.9. The Morgan fingerprint density at radius 3 is 2.42 bits per heavy atom. The molecule has 0 bridgehead atoms. The number of nitrogens with zero attached hydrogens (tertiary/aromatic N) is 1. The third-order valence-electron chi connectivity index (χ3n) is 12.5. The van der Waals surface area contributed by atoms with Crippen molar-refractivity contribution in [1.82, 2.24) is 4.90 Å². The molecule has 45 heavy (non-hydrogen) atoms. The van der Waals surface area contributed by atoms with E-state index in [1.54, 1.807) is 6.07 Å². The molecule has 0 radical (unpaired) electrons. The van der Waals surface area contributed by atoms with Crippen molar-refractivity contribution in [2.75, 3.05) is 13.1 Å². The number of fused-ring (bicyclic) bond motifs is 5. The number of hydrogen-bond acceptors (Lipinski definition) is 3. The number of likely N-dealkylation sites (tertiary alicyclic amines) is 1. The maximum atomic E-state index is 16.2. The zero-order valence-corrected chi connectivity index (χ0v) is 28.2. The maximum absolute atomic E-state index is 16.2. The van der Waals surface area contributed by atoms with E-state index in [0.717, 1.165) is 82.0 Å². The molecular formula is C35H50BrF6NO2. The van der Waals surface area contributed by atoms with Crippen molar-refractivity contribution in [3.8, 4) is 5.75 Å². The van der Waals surface area contributed by atoms with Gasteiger partial charge < -0.3 is 15.1 Å². The van der Waals surface area contributed by atoms with Crippen molar-refractivity contribution in [3.05, 3.63) is 27.7 Å². The normalized spacial score (nSPS) is 35.3. The van der Waals surface area contributed by atoms with E-state index in [2.05, 4.69) is 27.8 Å². The molecule has 1 heterocycles. The summed E-state index contributed by atoms with van der Waals surface area (Å²) in [5, 5.41) is 21.8. The third-order valence-corrected chi connectivity index (χ3v) is 13.4. The molecule has 8 atom stereocenters. The van der Waals surface area contributed by atoms with E-state index >= 15 is 4.39 Å². The predicted octanol–water partition coefficient (Wildman–Crippen LogP) is 10.1. The SMILES string of the molecule is C[C@]12C[C@H](F)[C@@H]3c4ccc(O)c(Br)c4CC(CCCCCN4CCC[C@H]4CCCCCC(F)(F)C(F)(F)F)[C@H]3[C@@H]1CC[C@@]2(C)O. The van der Waals surface area contributed by atoms with Gasteiger partial charge in [0.2, 0.25) is 0 Å². The van der Waals surface area contributed by atoms with Crippen molar-refractivity contribution in [1.29, 1.82) is 0 Å². The summed E-state index contributed by atoms with van der Waals surface area (Å²) in [7, 11) is 0. The Morgan fingerprint density at radius 1 is 0.978 bits per heavy atom. The minimum Gasteiger partial charge on any atom is -0.507 e. The molecule has 256 valence electrons. The molecule has 1 unspecified atom stereocenters. The van der Waals surface area contributed by atoms with Gasteiger partial charge in [-0.25, -0.2) is 4.39 Å². The number of benzene rings is 1. The van der Waals surface area contributed by atoms with E-state index in [1.165, 1.54) is 0 Å². The lowest BCUT2D eigenvalue weighted by Crippen LogP contribution is -2.55. The first-order chi connectivity index (χ1) is 21.1. The van der Waals surface area contributed by atoms with Crippen molar-refractivity contribution in [2.24, 2.45) is 23.2 Å². The number of aromatic hydroxyl groups is 1. The summed E-state index contributed by atoms with van der Waals surface area (Å²) in [4.78, 5) is 2.46. The third kappa shape index (κ3) is 6.95. The second-order valence-corrected chi connectivity index (χ2v) is 15.9. The van der Waals surface area contributed by atoms with E-state index in [4.69, 9.17) is 0 Å². The van der Waals surface area contributed by atoms with Crippen LogP contribution in [-0.2, 0) is 6.42 Å². The van der Waals surface area contributed by atoms with Crippen LogP contribution in [0.1, 0.15) is 121 Å². The van der Waals surface area contributed by atoms with Gasteiger partial charge in [-0.05, 0) is 135 Å². The number of phenols is 1. The quantitative estimate of drug-likeness (QED) is 0.168. The van der Waals surface area contributed by atoms with Crippen molar-refractivity contribution < 1.29 is 36.6 Å². The molecule has 0 amide bonds. The van der Waals surface area contributed by atoms with Gasteiger partial charge >= 0.3 is 12.1 Å². The van der Waals surface area contributed by atoms with Gasteiger partial charge in [-0.2, -0.15) is 22.0 Å². The van der Waals surface area contributed by atoms with Gasteiger partial charge in [0.25, 0.3) is 0 Å². The average Bonchev–Trinajstić information content (AvgIpc) is 3.49. The van der Waals surface area contributed by atoms with Gasteiger partial charge in [0.1, 0.15) is 11.9 Å². The monoisotopic (exact) mass is 709 g/mol. The molecule has 1 aromatic rings. The zero-order valence-electron chi connectivity index (χ0n) is 26.6. The van der Waals surface area contributed by atoms with Crippen LogP contribution in [0, 0.1) is 23.2 Å². The molecule has 0 aromatic heterocycles. The molecule has 3 aliphatic carbocycles. The van der Waals surface area contributed by atoms with Crippen LogP contribution in [-0.4, -0.2) is 58.1 Å². The van der Waals surface area contributed by atoms with Gasteiger partial charge in [0, 0.05) is 23.8 Å². The van der Waals surface area contributed by atoms with Crippen LogP contribution in [0.2, 0.25) is 0 Å². The molecule has 3 fully saturated rings. The molecule has 3 nitrogen and oxygen atoms in total. The Labute approximate surface area is 272 Å². The molecule has 2 saturated carbocycles. The molecule has 1 saturated heterocycles. The Morgan fingerprint density at radius 2 is 1.69 bits per heavy atom. The predicted molar refractivity (Wildman–Crippen MR) is 167 cm³/mol. The number of hydrogen-bond donors (Lipinski definition) is 2. The molecule has 5 rings (SSSR count). The number of alkyl halides is 6. The summed E-state index contributed by atoms with van der Waals surface area (Å²) < 4.78 is 80.5. The molecule has 10 heteroatoms. The maximum Gasteiger partial charge on any atom is 0.453 e. The molecule has 0 spiro atoms. The van der Waals surface area contributed by atoms with Crippen molar-refractivity contribution >= 4 is 15.9 Å². The summed E-state index contributed by atoms with van der Waals surface area (Å²) in [6.07, 6.45) is 3.01. The van der Waals surface area contributed by atoms with Crippen LogP contribution in [0.15, 0.2) is 16.6 Å². The first-order valence-electron chi connectivity index (χ1n) is 17.1. The van der Waals surface area contributed by atoms with E-state index < -0.39 is 35.7 Å². The van der Waals surface area contributed by atoms with Crippen LogP contribution >= 0.6 is 15.9 Å². The second kappa shape index (κ2) is 13.5. The zero-order chi connectivity index (χ0) is 32.8. The largest absolute Gasteiger partial charge is 0.507 e. The van der Waals surface area contributed by atoms with E-state index in [9.17, 15) is 32.2 Å². The van der Waals surface area contributed by atoms with Crippen LogP contribution in [0.3, 0.4) is 0 Å². The number of halogens is 7. The van der Waals surface area contributed by atoms with Crippen LogP contribution < -0.4 is 0 Å². The topological polar surface area (TPSA) is 43.7 Å². The standard InChI is InChI=1S/C35H50BrF6NO2/c1-32-21-27(37)30-24-13-14-28(44)31(36)25(24)20-22(29(30)26(32)15-17-33(32,2)45)10-5-4-8-18-43-19-9-12-23(43)11-6-3-7-16-34(38,39)35(40,41)42/h13-14,22-23,26-27,29-30,44-45H,3-12,15-21H2,1-2H3/t22?,23-,26+,27+,29+,30+,32+,33-/m1/s1. The van der Waals surface area contributed by atoms with Crippen LogP contribution in [0.4, 0.5) is 26.3 Å². The van der Waals surface area contributed by atoms with Crippen molar-refractivity contribution in [2.45, 2.75) is 146 Å². The summed E-state index contributed by atoms with van der Waals surface area (Å²) in [6, 6.07) is 3.95. The smallest absolute Gasteiger partial charge is 0.453 e. The average molecular weight is 711 g/mol. The first-order valence-corrected chi connectivity index (χ1v) is 17.9. The van der Waals surface area contributed by atoms with Gasteiger partial charge in [-0.1, -0.05) is 38.7 Å². The van der Waals surface area contributed by atoms with E-state index in [1.807, 2.05) is 13.0 Å². The van der Waals surface area contributed by atoms with E-state index in [-0.39, 0.29) is 35.8 Å². The Hall–Kier alpha value is -1.00. The lowest BCUT2D eigenvalue weighted by Gasteiger charge is -2.56. The highest BCUT2D eigenvalue weighted by Crippen LogP contribution is 2.66. The molecule has 1 aromatic carbocycles. The van der Waals surface area contributed by atoms with Crippen molar-refractivity contribution in [3.63, 3.8) is 0 Å². The van der Waals surface area contributed by atoms with Gasteiger partial charge in [-0.15, -0.1) is 0 Å². The number of aliphatic hydroxyl groups is 1. The summed E-state index contributed by atoms with van der Waals surface area (Å²) in [5.74, 6) is -3.98. The second-order valence-electron chi connectivity index (χ2n) is 15.1. The van der Waals surface area contributed by atoms with Gasteiger partial charge in [-0.3, -0.25) is 0 Å². The lowest BCUT2D eigenvalue weighted by molar-refractivity contribution is -0.284. The summed E-state index contributed by atoms with van der Waals surface area (Å²) in [5.41, 5.74) is 0.699. The van der Waals surface area contributed by atoms with Crippen LogP contribution in [0.25, 0.3) is 0 Å². The van der Waals surface area contributed by atoms with Crippen LogP contribution in [0.5, 0.6) is 5.75 Å². The minimum absolute atomic E-state index is 0.121. The molecule has 1 aliphatic heterocycles. The fourth-order valence-electron chi connectivity index (χ4n) is 9.77. The summed E-state index contributed by atoms with van der Waals surface area (Å²) >= 11 is 3.60. The molecule has 2 N–H and O–H groups in total. The summed E-state index contributed by atoms with van der Waals surface area (Å²) in [6.45, 7) is 5.93. The molecule has 4 aliphatic rings. The minimum atomic E-state index is -5.47. The fraction of sp³-hybridized carbons (Fsp3) is 0.829. The lowest BCUT2D eigenvalue weighted by atomic mass is 9.50. The number of phenolic OH excluding ortho intramolecular Hbond substituents is 1.